The van der Waals surface area contributed by atoms with Crippen molar-refractivity contribution in [3.63, 3.8) is 0 Å². The number of amides is 2. The van der Waals surface area contributed by atoms with Gasteiger partial charge in [-0.1, -0.05) is 25.1 Å². The average Bonchev–Trinajstić information content (AvgIpc) is 3.03. The van der Waals surface area contributed by atoms with Gasteiger partial charge in [-0.25, -0.2) is 4.79 Å². The normalized spacial score (nSPS) is 19.0. The Labute approximate surface area is 159 Å². The highest BCUT2D eigenvalue weighted by Crippen LogP contribution is 2.25. The van der Waals surface area contributed by atoms with Gasteiger partial charge in [-0.05, 0) is 43.3 Å². The Kier molecular flexibility index (Phi) is 6.34. The molecule has 1 fully saturated rings. The number of likely N-dealkylation sites (N-methyl/N-ethyl adjacent to an activating group) is 1. The molecule has 1 aliphatic carbocycles. The highest BCUT2D eigenvalue weighted by Gasteiger charge is 2.34. The standard InChI is InChI=1S/C20H28N4O3/c1-2-23(14-19(25)26)17-12-16(13-17)22-20(27)21-9-5-10-24-11-8-15-6-3-4-7-18(15)24/h3-4,6-8,11,16-17H,2,5,9-10,12-14H2,1H3,(H,25,26)(H2,21,22,27). The minimum Gasteiger partial charge on any atom is -0.480 e. The minimum absolute atomic E-state index is 0.0636. The number of nitrogens with zero attached hydrogens (tertiary/aromatic N) is 2. The fourth-order valence-electron chi connectivity index (χ4n) is 3.70. The molecule has 27 heavy (non-hydrogen) atoms. The lowest BCUT2D eigenvalue weighted by molar-refractivity contribution is -0.139. The number of benzene rings is 1. The van der Waals surface area contributed by atoms with Crippen molar-refractivity contribution in [2.45, 2.75) is 44.8 Å². The smallest absolute Gasteiger partial charge is 0.317 e. The van der Waals surface area contributed by atoms with Crippen LogP contribution in [0.1, 0.15) is 26.2 Å². The van der Waals surface area contributed by atoms with Crippen LogP contribution in [0, 0.1) is 0 Å². The van der Waals surface area contributed by atoms with Crippen molar-refractivity contribution < 1.29 is 14.7 Å². The molecule has 1 aliphatic rings. The first kappa shape index (κ1) is 19.2. The number of hydrogen-bond acceptors (Lipinski definition) is 3. The molecular formula is C20H28N4O3. The van der Waals surface area contributed by atoms with Crippen LogP contribution in [0.25, 0.3) is 10.9 Å². The number of nitrogens with one attached hydrogen (secondary N) is 2. The predicted molar refractivity (Wildman–Crippen MR) is 105 cm³/mol. The molecule has 3 rings (SSSR count). The Morgan fingerprint density at radius 3 is 2.78 bits per heavy atom. The van der Waals surface area contributed by atoms with E-state index in [0.29, 0.717) is 13.1 Å². The lowest BCUT2D eigenvalue weighted by atomic mass is 9.85. The Morgan fingerprint density at radius 1 is 1.26 bits per heavy atom. The van der Waals surface area contributed by atoms with Gasteiger partial charge in [-0.2, -0.15) is 0 Å². The number of urea groups is 1. The molecule has 1 heterocycles. The van der Waals surface area contributed by atoms with Crippen molar-refractivity contribution >= 4 is 22.9 Å². The SMILES string of the molecule is CCN(CC(=O)O)C1CC(NC(=O)NCCCn2ccc3ccccc32)C1. The second-order valence-electron chi connectivity index (χ2n) is 7.10. The Morgan fingerprint density at radius 2 is 2.04 bits per heavy atom. The summed E-state index contributed by atoms with van der Waals surface area (Å²) < 4.78 is 2.20. The molecule has 7 heteroatoms. The number of aromatic nitrogens is 1. The highest BCUT2D eigenvalue weighted by atomic mass is 16.4. The molecule has 2 aromatic rings. The molecule has 1 saturated carbocycles. The largest absolute Gasteiger partial charge is 0.480 e. The summed E-state index contributed by atoms with van der Waals surface area (Å²) in [5, 5.41) is 16.0. The number of carboxylic acids is 1. The maximum absolute atomic E-state index is 12.0. The number of hydrogen-bond donors (Lipinski definition) is 3. The van der Waals surface area contributed by atoms with Crippen molar-refractivity contribution in [2.75, 3.05) is 19.6 Å². The van der Waals surface area contributed by atoms with Crippen molar-refractivity contribution in [2.24, 2.45) is 0 Å². The van der Waals surface area contributed by atoms with Crippen LogP contribution in [-0.2, 0) is 11.3 Å². The highest BCUT2D eigenvalue weighted by molar-refractivity contribution is 5.79. The summed E-state index contributed by atoms with van der Waals surface area (Å²) in [6.07, 6.45) is 4.56. The van der Waals surface area contributed by atoms with E-state index in [1.165, 1.54) is 10.9 Å². The number of carbonyl (C=O) groups excluding carboxylic acids is 1. The van der Waals surface area contributed by atoms with Crippen LogP contribution in [0.5, 0.6) is 0 Å². The first-order valence-electron chi connectivity index (χ1n) is 9.61. The third-order valence-electron chi connectivity index (χ3n) is 5.25. The molecular weight excluding hydrogens is 344 g/mol. The summed E-state index contributed by atoms with van der Waals surface area (Å²) in [6, 6.07) is 10.6. The fraction of sp³-hybridized carbons (Fsp3) is 0.500. The molecule has 1 aromatic carbocycles. The van der Waals surface area contributed by atoms with Crippen LogP contribution < -0.4 is 10.6 Å². The van der Waals surface area contributed by atoms with Crippen LogP contribution in [0.3, 0.4) is 0 Å². The zero-order valence-electron chi connectivity index (χ0n) is 15.7. The van der Waals surface area contributed by atoms with Gasteiger partial charge in [0.1, 0.15) is 0 Å². The maximum atomic E-state index is 12.0. The molecule has 0 atom stereocenters. The van der Waals surface area contributed by atoms with Gasteiger partial charge in [-0.15, -0.1) is 0 Å². The molecule has 7 nitrogen and oxygen atoms in total. The van der Waals surface area contributed by atoms with E-state index in [4.69, 9.17) is 5.11 Å². The fourth-order valence-corrected chi connectivity index (χ4v) is 3.70. The van der Waals surface area contributed by atoms with Gasteiger partial charge < -0.3 is 20.3 Å². The molecule has 2 amide bonds. The second kappa shape index (κ2) is 8.90. The lowest BCUT2D eigenvalue weighted by Gasteiger charge is -2.42. The van der Waals surface area contributed by atoms with Crippen molar-refractivity contribution in [3.8, 4) is 0 Å². The van der Waals surface area contributed by atoms with Crippen LogP contribution in [0.2, 0.25) is 0 Å². The van der Waals surface area contributed by atoms with Gasteiger partial charge in [0.05, 0.1) is 6.54 Å². The van der Waals surface area contributed by atoms with Gasteiger partial charge in [-0.3, -0.25) is 9.69 Å². The number of aryl methyl sites for hydroxylation is 1. The third kappa shape index (κ3) is 5.01. The summed E-state index contributed by atoms with van der Waals surface area (Å²) in [5.74, 6) is -0.804. The number of aliphatic carboxylic acids is 1. The summed E-state index contributed by atoms with van der Waals surface area (Å²) in [4.78, 5) is 24.8. The molecule has 0 bridgehead atoms. The Bertz CT molecular complexity index is 782. The average molecular weight is 372 g/mol. The molecule has 3 N–H and O–H groups in total. The minimum atomic E-state index is -0.804. The molecule has 0 spiro atoms. The first-order valence-corrected chi connectivity index (χ1v) is 9.61. The van der Waals surface area contributed by atoms with Gasteiger partial charge >= 0.3 is 12.0 Å². The molecule has 1 aromatic heterocycles. The van der Waals surface area contributed by atoms with Crippen molar-refractivity contribution in [1.82, 2.24) is 20.1 Å². The monoisotopic (exact) mass is 372 g/mol. The zero-order valence-corrected chi connectivity index (χ0v) is 15.7. The van der Waals surface area contributed by atoms with Crippen molar-refractivity contribution in [1.29, 1.82) is 0 Å². The van der Waals surface area contributed by atoms with E-state index in [2.05, 4.69) is 39.6 Å². The summed E-state index contributed by atoms with van der Waals surface area (Å²) in [7, 11) is 0. The number of fused-ring (bicyclic) bond motifs is 1. The predicted octanol–water partition coefficient (Wildman–Crippen LogP) is 2.27. The van der Waals surface area contributed by atoms with Gasteiger partial charge in [0.15, 0.2) is 0 Å². The van der Waals surface area contributed by atoms with E-state index in [9.17, 15) is 9.59 Å². The Balaban J connectivity index is 1.32. The molecule has 0 saturated heterocycles. The van der Waals surface area contributed by atoms with Crippen LogP contribution in [0.15, 0.2) is 36.5 Å². The molecule has 0 radical (unpaired) electrons. The van der Waals surface area contributed by atoms with Crippen molar-refractivity contribution in [3.05, 3.63) is 36.5 Å². The maximum Gasteiger partial charge on any atom is 0.317 e. The van der Waals surface area contributed by atoms with E-state index in [1.54, 1.807) is 0 Å². The number of carboxylic acid groups (broad SMARTS) is 1. The molecule has 146 valence electrons. The lowest BCUT2D eigenvalue weighted by Crippen LogP contribution is -2.56. The number of rotatable bonds is 9. The Hall–Kier alpha value is -2.54. The summed E-state index contributed by atoms with van der Waals surface area (Å²) in [6.45, 7) is 4.22. The topological polar surface area (TPSA) is 86.6 Å². The molecule has 0 unspecified atom stereocenters. The van der Waals surface area contributed by atoms with E-state index in [0.717, 1.165) is 25.8 Å². The van der Waals surface area contributed by atoms with Gasteiger partial charge in [0.25, 0.3) is 0 Å². The summed E-state index contributed by atoms with van der Waals surface area (Å²) in [5.41, 5.74) is 1.21. The summed E-state index contributed by atoms with van der Waals surface area (Å²) >= 11 is 0. The number of carbonyl (C=O) groups is 2. The van der Waals surface area contributed by atoms with E-state index in [1.807, 2.05) is 24.0 Å². The van der Waals surface area contributed by atoms with E-state index in [-0.39, 0.29) is 24.7 Å². The zero-order chi connectivity index (χ0) is 19.2. The van der Waals surface area contributed by atoms with E-state index < -0.39 is 5.97 Å². The van der Waals surface area contributed by atoms with E-state index >= 15 is 0 Å². The second-order valence-corrected chi connectivity index (χ2v) is 7.10. The first-order chi connectivity index (χ1) is 13.1. The van der Waals surface area contributed by atoms with Gasteiger partial charge in [0, 0.05) is 36.9 Å². The van der Waals surface area contributed by atoms with Gasteiger partial charge in [0.2, 0.25) is 0 Å². The molecule has 0 aliphatic heterocycles. The van der Waals surface area contributed by atoms with Crippen LogP contribution >= 0.6 is 0 Å². The third-order valence-corrected chi connectivity index (χ3v) is 5.25. The van der Waals surface area contributed by atoms with Crippen LogP contribution in [0.4, 0.5) is 4.79 Å². The number of para-hydroxylation sites is 1. The van der Waals surface area contributed by atoms with Crippen LogP contribution in [-0.4, -0.2) is 58.3 Å². The quantitative estimate of drug-likeness (QED) is 0.590.